The van der Waals surface area contributed by atoms with Crippen LogP contribution in [0.5, 0.6) is 5.75 Å². The maximum absolute atomic E-state index is 5.44. The minimum absolute atomic E-state index is 0.977. The number of rotatable bonds is 7. The number of unbranched alkanes of at least 4 members (excludes halogenated alkanes) is 4. The van der Waals surface area contributed by atoms with Crippen LogP contribution in [-0.2, 0) is 6.42 Å². The molecule has 0 aliphatic carbocycles. The van der Waals surface area contributed by atoms with Gasteiger partial charge in [-0.2, -0.15) is 0 Å². The molecule has 0 fully saturated rings. The standard InChI is InChI=1S/C18H24O/c1-3-4-5-6-7-10-15-13-14-18(19-2)17-12-9-8-11-16(15)17/h8-9,11-14H,3-7,10H2,1-2H3. The van der Waals surface area contributed by atoms with Crippen LogP contribution in [0.15, 0.2) is 36.4 Å². The van der Waals surface area contributed by atoms with Crippen LogP contribution < -0.4 is 4.74 Å². The molecule has 2 rings (SSSR count). The van der Waals surface area contributed by atoms with Gasteiger partial charge in [0.1, 0.15) is 5.75 Å². The minimum Gasteiger partial charge on any atom is -0.496 e. The van der Waals surface area contributed by atoms with E-state index >= 15 is 0 Å². The van der Waals surface area contributed by atoms with Crippen LogP contribution in [0, 0.1) is 0 Å². The summed E-state index contributed by atoms with van der Waals surface area (Å²) in [6.45, 7) is 2.26. The van der Waals surface area contributed by atoms with Crippen molar-refractivity contribution in [1.29, 1.82) is 0 Å². The number of aryl methyl sites for hydroxylation is 1. The molecule has 0 heterocycles. The molecule has 0 aliphatic heterocycles. The molecule has 0 atom stereocenters. The van der Waals surface area contributed by atoms with E-state index in [1.165, 1.54) is 54.9 Å². The van der Waals surface area contributed by atoms with Crippen LogP contribution in [0.4, 0.5) is 0 Å². The molecule has 19 heavy (non-hydrogen) atoms. The van der Waals surface area contributed by atoms with Crippen molar-refractivity contribution in [2.75, 3.05) is 7.11 Å². The number of methoxy groups -OCH3 is 1. The first-order chi connectivity index (χ1) is 9.36. The first kappa shape index (κ1) is 13.9. The molecule has 1 nitrogen and oxygen atoms in total. The largest absolute Gasteiger partial charge is 0.496 e. The molecule has 0 saturated carbocycles. The molecule has 2 aromatic carbocycles. The zero-order valence-corrected chi connectivity index (χ0v) is 12.1. The molecule has 0 radical (unpaired) electrons. The molecule has 0 spiro atoms. The van der Waals surface area contributed by atoms with Gasteiger partial charge in [0, 0.05) is 5.39 Å². The summed E-state index contributed by atoms with van der Waals surface area (Å²) in [7, 11) is 1.74. The predicted octanol–water partition coefficient (Wildman–Crippen LogP) is 5.36. The van der Waals surface area contributed by atoms with E-state index in [9.17, 15) is 0 Å². The first-order valence-electron chi connectivity index (χ1n) is 7.41. The van der Waals surface area contributed by atoms with E-state index in [1.807, 2.05) is 0 Å². The highest BCUT2D eigenvalue weighted by Gasteiger charge is 2.05. The van der Waals surface area contributed by atoms with Crippen molar-refractivity contribution in [2.45, 2.75) is 45.4 Å². The van der Waals surface area contributed by atoms with Crippen molar-refractivity contribution in [3.05, 3.63) is 42.0 Å². The van der Waals surface area contributed by atoms with Crippen molar-refractivity contribution < 1.29 is 4.74 Å². The first-order valence-corrected chi connectivity index (χ1v) is 7.41. The predicted molar refractivity (Wildman–Crippen MR) is 83.0 cm³/mol. The zero-order chi connectivity index (χ0) is 13.5. The topological polar surface area (TPSA) is 9.23 Å². The lowest BCUT2D eigenvalue weighted by molar-refractivity contribution is 0.419. The summed E-state index contributed by atoms with van der Waals surface area (Å²) in [5.74, 6) is 0.977. The lowest BCUT2D eigenvalue weighted by atomic mass is 9.98. The Bertz CT molecular complexity index is 516. The number of hydrogen-bond acceptors (Lipinski definition) is 1. The van der Waals surface area contributed by atoms with Gasteiger partial charge in [-0.1, -0.05) is 62.9 Å². The third-order valence-corrected chi connectivity index (χ3v) is 3.74. The Balaban J connectivity index is 2.11. The molecule has 0 saturated heterocycles. The average molecular weight is 256 g/mol. The van der Waals surface area contributed by atoms with Gasteiger partial charge in [-0.15, -0.1) is 0 Å². The Morgan fingerprint density at radius 3 is 2.32 bits per heavy atom. The third-order valence-electron chi connectivity index (χ3n) is 3.74. The fourth-order valence-corrected chi connectivity index (χ4v) is 2.65. The van der Waals surface area contributed by atoms with Crippen LogP contribution in [-0.4, -0.2) is 7.11 Å². The number of ether oxygens (including phenoxy) is 1. The van der Waals surface area contributed by atoms with Crippen molar-refractivity contribution in [2.24, 2.45) is 0 Å². The Hall–Kier alpha value is -1.50. The van der Waals surface area contributed by atoms with Gasteiger partial charge in [-0.3, -0.25) is 0 Å². The Labute approximate surface area is 116 Å². The summed E-state index contributed by atoms with van der Waals surface area (Å²) in [5, 5.41) is 2.58. The lowest BCUT2D eigenvalue weighted by Crippen LogP contribution is -1.91. The smallest absolute Gasteiger partial charge is 0.126 e. The average Bonchev–Trinajstić information content (AvgIpc) is 2.47. The molecule has 2 aromatic rings. The van der Waals surface area contributed by atoms with Crippen LogP contribution in [0.1, 0.15) is 44.6 Å². The lowest BCUT2D eigenvalue weighted by Gasteiger charge is -2.10. The molecule has 0 unspecified atom stereocenters. The van der Waals surface area contributed by atoms with Crippen molar-refractivity contribution in [1.82, 2.24) is 0 Å². The van der Waals surface area contributed by atoms with Gasteiger partial charge in [0.05, 0.1) is 7.11 Å². The fourth-order valence-electron chi connectivity index (χ4n) is 2.65. The summed E-state index contributed by atoms with van der Waals surface area (Å²) in [6, 6.07) is 12.9. The highest BCUT2D eigenvalue weighted by molar-refractivity contribution is 5.91. The van der Waals surface area contributed by atoms with E-state index in [0.717, 1.165) is 5.75 Å². The second-order valence-electron chi connectivity index (χ2n) is 5.14. The van der Waals surface area contributed by atoms with E-state index < -0.39 is 0 Å². The SMILES string of the molecule is CCCCCCCc1ccc(OC)c2ccccc12. The molecule has 0 aromatic heterocycles. The second kappa shape index (κ2) is 7.18. The summed E-state index contributed by atoms with van der Waals surface area (Å²) < 4.78 is 5.44. The highest BCUT2D eigenvalue weighted by atomic mass is 16.5. The second-order valence-corrected chi connectivity index (χ2v) is 5.14. The summed E-state index contributed by atoms with van der Waals surface area (Å²) >= 11 is 0. The highest BCUT2D eigenvalue weighted by Crippen LogP contribution is 2.29. The molecular weight excluding hydrogens is 232 g/mol. The molecule has 0 aliphatic rings. The summed E-state index contributed by atoms with van der Waals surface area (Å²) in [6.07, 6.45) is 7.85. The van der Waals surface area contributed by atoms with Gasteiger partial charge in [0.15, 0.2) is 0 Å². The van der Waals surface area contributed by atoms with Gasteiger partial charge >= 0.3 is 0 Å². The van der Waals surface area contributed by atoms with Crippen molar-refractivity contribution >= 4 is 10.8 Å². The maximum atomic E-state index is 5.44. The Morgan fingerprint density at radius 1 is 0.842 bits per heavy atom. The van der Waals surface area contributed by atoms with Crippen molar-refractivity contribution in [3.8, 4) is 5.75 Å². The van der Waals surface area contributed by atoms with E-state index in [-0.39, 0.29) is 0 Å². The monoisotopic (exact) mass is 256 g/mol. The maximum Gasteiger partial charge on any atom is 0.126 e. The van der Waals surface area contributed by atoms with E-state index in [1.54, 1.807) is 7.11 Å². The molecule has 0 N–H and O–H groups in total. The van der Waals surface area contributed by atoms with Gasteiger partial charge in [-0.05, 0) is 29.9 Å². The number of hydrogen-bond donors (Lipinski definition) is 0. The molecular formula is C18H24O. The third kappa shape index (κ3) is 3.50. The quantitative estimate of drug-likeness (QED) is 0.606. The number of benzene rings is 2. The van der Waals surface area contributed by atoms with Crippen LogP contribution in [0.2, 0.25) is 0 Å². The Morgan fingerprint density at radius 2 is 1.58 bits per heavy atom. The van der Waals surface area contributed by atoms with E-state index in [0.29, 0.717) is 0 Å². The summed E-state index contributed by atoms with van der Waals surface area (Å²) in [4.78, 5) is 0. The minimum atomic E-state index is 0.977. The van der Waals surface area contributed by atoms with E-state index in [2.05, 4.69) is 43.3 Å². The van der Waals surface area contributed by atoms with Gasteiger partial charge in [0.2, 0.25) is 0 Å². The molecule has 0 amide bonds. The van der Waals surface area contributed by atoms with Gasteiger partial charge < -0.3 is 4.74 Å². The fraction of sp³-hybridized carbons (Fsp3) is 0.444. The summed E-state index contributed by atoms with van der Waals surface area (Å²) in [5.41, 5.74) is 1.45. The molecule has 102 valence electrons. The van der Waals surface area contributed by atoms with Gasteiger partial charge in [-0.25, -0.2) is 0 Å². The number of fused-ring (bicyclic) bond motifs is 1. The normalized spacial score (nSPS) is 10.8. The molecule has 0 bridgehead atoms. The van der Waals surface area contributed by atoms with Crippen molar-refractivity contribution in [3.63, 3.8) is 0 Å². The van der Waals surface area contributed by atoms with E-state index in [4.69, 9.17) is 4.74 Å². The zero-order valence-electron chi connectivity index (χ0n) is 12.1. The van der Waals surface area contributed by atoms with Crippen LogP contribution in [0.3, 0.4) is 0 Å². The van der Waals surface area contributed by atoms with Gasteiger partial charge in [0.25, 0.3) is 0 Å². The molecule has 1 heteroatoms. The Kier molecular flexibility index (Phi) is 5.26. The van der Waals surface area contributed by atoms with Crippen LogP contribution in [0.25, 0.3) is 10.8 Å². The van der Waals surface area contributed by atoms with Crippen LogP contribution >= 0.6 is 0 Å².